The van der Waals surface area contributed by atoms with Crippen LogP contribution in [0.3, 0.4) is 0 Å². The van der Waals surface area contributed by atoms with Gasteiger partial charge in [-0.2, -0.15) is 0 Å². The molecule has 1 heterocycles. The number of hydrogen-bond acceptors (Lipinski definition) is 4. The number of rotatable bonds is 2. The SMILES string of the molecule is O=C(Nc1ccc2c(c1)OCO2)C(=O)NC1CC1. The van der Waals surface area contributed by atoms with Gasteiger partial charge in [-0.25, -0.2) is 0 Å². The van der Waals surface area contributed by atoms with Crippen molar-refractivity contribution in [2.45, 2.75) is 18.9 Å². The zero-order valence-corrected chi connectivity index (χ0v) is 9.56. The van der Waals surface area contributed by atoms with Gasteiger partial charge < -0.3 is 20.1 Å². The van der Waals surface area contributed by atoms with E-state index in [4.69, 9.17) is 9.47 Å². The van der Waals surface area contributed by atoms with Crippen LogP contribution < -0.4 is 20.1 Å². The average Bonchev–Trinajstić information content (AvgIpc) is 3.05. The largest absolute Gasteiger partial charge is 0.454 e. The summed E-state index contributed by atoms with van der Waals surface area (Å²) in [7, 11) is 0. The van der Waals surface area contributed by atoms with Crippen LogP contribution >= 0.6 is 0 Å². The van der Waals surface area contributed by atoms with Crippen LogP contribution in [0, 0.1) is 0 Å². The molecule has 1 aliphatic carbocycles. The number of hydrogen-bond donors (Lipinski definition) is 2. The van der Waals surface area contributed by atoms with Crippen LogP contribution in [0.25, 0.3) is 0 Å². The van der Waals surface area contributed by atoms with E-state index in [1.165, 1.54) is 0 Å². The van der Waals surface area contributed by atoms with Crippen LogP contribution in [0.1, 0.15) is 12.8 Å². The molecule has 1 aromatic rings. The molecule has 0 radical (unpaired) electrons. The zero-order valence-electron chi connectivity index (χ0n) is 9.56. The minimum absolute atomic E-state index is 0.167. The molecule has 0 aromatic heterocycles. The van der Waals surface area contributed by atoms with Gasteiger partial charge in [-0.1, -0.05) is 0 Å². The molecule has 6 heteroatoms. The summed E-state index contributed by atoms with van der Waals surface area (Å²) in [5.74, 6) is -0.0678. The summed E-state index contributed by atoms with van der Waals surface area (Å²) in [6.45, 7) is 0.175. The molecule has 2 amide bonds. The first-order valence-electron chi connectivity index (χ1n) is 5.74. The highest BCUT2D eigenvalue weighted by molar-refractivity contribution is 6.39. The lowest BCUT2D eigenvalue weighted by molar-refractivity contribution is -0.136. The number of amides is 2. The van der Waals surface area contributed by atoms with Crippen molar-refractivity contribution in [3.63, 3.8) is 0 Å². The normalized spacial score (nSPS) is 16.2. The monoisotopic (exact) mass is 248 g/mol. The quantitative estimate of drug-likeness (QED) is 0.753. The van der Waals surface area contributed by atoms with Gasteiger partial charge in [0.1, 0.15) is 0 Å². The fourth-order valence-electron chi connectivity index (χ4n) is 1.64. The van der Waals surface area contributed by atoms with E-state index in [-0.39, 0.29) is 12.8 Å². The predicted molar refractivity (Wildman–Crippen MR) is 62.4 cm³/mol. The van der Waals surface area contributed by atoms with E-state index in [1.807, 2.05) is 0 Å². The molecule has 0 spiro atoms. The standard InChI is InChI=1S/C12H12N2O4/c15-11(13-7-1-2-7)12(16)14-8-3-4-9-10(5-8)18-6-17-9/h3-5,7H,1-2,6H2,(H,13,15)(H,14,16). The third kappa shape index (κ3) is 2.22. The molecule has 0 bridgehead atoms. The highest BCUT2D eigenvalue weighted by atomic mass is 16.7. The van der Waals surface area contributed by atoms with Gasteiger partial charge in [0.25, 0.3) is 0 Å². The molecule has 3 rings (SSSR count). The Morgan fingerprint density at radius 2 is 1.89 bits per heavy atom. The third-order valence-corrected chi connectivity index (χ3v) is 2.75. The Hall–Kier alpha value is -2.24. The van der Waals surface area contributed by atoms with Crippen molar-refractivity contribution in [1.29, 1.82) is 0 Å². The van der Waals surface area contributed by atoms with E-state index < -0.39 is 11.8 Å². The van der Waals surface area contributed by atoms with E-state index in [0.717, 1.165) is 12.8 Å². The average molecular weight is 248 g/mol. The Labute approximate surface area is 103 Å². The molecule has 1 fully saturated rings. The summed E-state index contributed by atoms with van der Waals surface area (Å²) in [5.41, 5.74) is 0.509. The van der Waals surface area contributed by atoms with Crippen molar-refractivity contribution in [3.8, 4) is 11.5 Å². The van der Waals surface area contributed by atoms with E-state index in [0.29, 0.717) is 17.2 Å². The van der Waals surface area contributed by atoms with Gasteiger partial charge >= 0.3 is 11.8 Å². The van der Waals surface area contributed by atoms with Crippen molar-refractivity contribution in [3.05, 3.63) is 18.2 Å². The molecule has 1 saturated carbocycles. The predicted octanol–water partition coefficient (Wildman–Crippen LogP) is 0.632. The lowest BCUT2D eigenvalue weighted by atomic mass is 10.2. The fourth-order valence-corrected chi connectivity index (χ4v) is 1.64. The Balaban J connectivity index is 1.64. The second kappa shape index (κ2) is 4.21. The van der Waals surface area contributed by atoms with Crippen molar-refractivity contribution >= 4 is 17.5 Å². The molecule has 0 atom stereocenters. The van der Waals surface area contributed by atoms with Gasteiger partial charge in [-0.15, -0.1) is 0 Å². The first-order chi connectivity index (χ1) is 8.72. The van der Waals surface area contributed by atoms with Gasteiger partial charge in [-0.3, -0.25) is 9.59 Å². The van der Waals surface area contributed by atoms with Crippen LogP contribution in [0.2, 0.25) is 0 Å². The molecular weight excluding hydrogens is 236 g/mol. The van der Waals surface area contributed by atoms with Crippen LogP contribution in [0.5, 0.6) is 11.5 Å². The zero-order chi connectivity index (χ0) is 12.5. The maximum Gasteiger partial charge on any atom is 0.313 e. The molecule has 94 valence electrons. The molecule has 18 heavy (non-hydrogen) atoms. The first kappa shape index (κ1) is 10.9. The minimum Gasteiger partial charge on any atom is -0.454 e. The lowest BCUT2D eigenvalue weighted by Gasteiger charge is -2.06. The Bertz CT molecular complexity index is 511. The summed E-state index contributed by atoms with van der Waals surface area (Å²) >= 11 is 0. The summed E-state index contributed by atoms with van der Waals surface area (Å²) < 4.78 is 10.3. The Morgan fingerprint density at radius 3 is 2.67 bits per heavy atom. The van der Waals surface area contributed by atoms with E-state index in [2.05, 4.69) is 10.6 Å². The summed E-state index contributed by atoms with van der Waals surface area (Å²) in [6, 6.07) is 5.15. The van der Waals surface area contributed by atoms with E-state index in [1.54, 1.807) is 18.2 Å². The molecule has 0 unspecified atom stereocenters. The van der Waals surface area contributed by atoms with Crippen molar-refractivity contribution < 1.29 is 19.1 Å². The summed E-state index contributed by atoms with van der Waals surface area (Å²) in [5, 5.41) is 5.14. The molecule has 1 aliphatic heterocycles. The molecule has 2 N–H and O–H groups in total. The van der Waals surface area contributed by atoms with Gasteiger partial charge in [0, 0.05) is 17.8 Å². The first-order valence-corrected chi connectivity index (χ1v) is 5.74. The number of anilines is 1. The van der Waals surface area contributed by atoms with Crippen LogP contribution in [-0.2, 0) is 9.59 Å². The summed E-state index contributed by atoms with van der Waals surface area (Å²) in [6.07, 6.45) is 1.89. The molecular formula is C12H12N2O4. The number of carbonyl (C=O) groups excluding carboxylic acids is 2. The summed E-state index contributed by atoms with van der Waals surface area (Å²) in [4.78, 5) is 23.0. The lowest BCUT2D eigenvalue weighted by Crippen LogP contribution is -2.36. The maximum atomic E-state index is 11.6. The third-order valence-electron chi connectivity index (χ3n) is 2.75. The molecule has 1 aromatic carbocycles. The van der Waals surface area contributed by atoms with Crippen LogP contribution in [0.4, 0.5) is 5.69 Å². The van der Waals surface area contributed by atoms with Crippen LogP contribution in [0.15, 0.2) is 18.2 Å². The molecule has 0 saturated heterocycles. The van der Waals surface area contributed by atoms with Crippen LogP contribution in [-0.4, -0.2) is 24.6 Å². The highest BCUT2D eigenvalue weighted by Crippen LogP contribution is 2.34. The second-order valence-electron chi connectivity index (χ2n) is 4.27. The van der Waals surface area contributed by atoms with Gasteiger partial charge in [-0.05, 0) is 25.0 Å². The van der Waals surface area contributed by atoms with Gasteiger partial charge in [0.05, 0.1) is 0 Å². The number of carbonyl (C=O) groups is 2. The smallest absolute Gasteiger partial charge is 0.313 e. The Morgan fingerprint density at radius 1 is 1.11 bits per heavy atom. The number of benzene rings is 1. The second-order valence-corrected chi connectivity index (χ2v) is 4.27. The maximum absolute atomic E-state index is 11.6. The number of nitrogens with one attached hydrogen (secondary N) is 2. The number of ether oxygens (including phenoxy) is 2. The van der Waals surface area contributed by atoms with Crippen molar-refractivity contribution in [2.24, 2.45) is 0 Å². The molecule has 2 aliphatic rings. The number of fused-ring (bicyclic) bond motifs is 1. The fraction of sp³-hybridized carbons (Fsp3) is 0.333. The molecule has 6 nitrogen and oxygen atoms in total. The minimum atomic E-state index is -0.666. The topological polar surface area (TPSA) is 76.7 Å². The highest BCUT2D eigenvalue weighted by Gasteiger charge is 2.26. The van der Waals surface area contributed by atoms with Gasteiger partial charge in [0.2, 0.25) is 6.79 Å². The van der Waals surface area contributed by atoms with E-state index in [9.17, 15) is 9.59 Å². The van der Waals surface area contributed by atoms with E-state index >= 15 is 0 Å². The van der Waals surface area contributed by atoms with Gasteiger partial charge in [0.15, 0.2) is 11.5 Å². The Kier molecular flexibility index (Phi) is 2.55. The van der Waals surface area contributed by atoms with Crippen molar-refractivity contribution in [1.82, 2.24) is 5.32 Å². The van der Waals surface area contributed by atoms with Crippen molar-refractivity contribution in [2.75, 3.05) is 12.1 Å².